The first-order chi connectivity index (χ1) is 11.8. The van der Waals surface area contributed by atoms with Crippen LogP contribution < -0.4 is 4.90 Å². The second kappa shape index (κ2) is 8.17. The van der Waals surface area contributed by atoms with Crippen molar-refractivity contribution in [3.8, 4) is 0 Å². The summed E-state index contributed by atoms with van der Waals surface area (Å²) in [7, 11) is 1.71. The Morgan fingerprint density at radius 2 is 2.25 bits per heavy atom. The lowest BCUT2D eigenvalue weighted by molar-refractivity contribution is 0.193. The number of aromatic nitrogens is 3. The third kappa shape index (κ3) is 4.27. The van der Waals surface area contributed by atoms with Gasteiger partial charge in [-0.1, -0.05) is 6.07 Å². The van der Waals surface area contributed by atoms with Crippen LogP contribution >= 0.6 is 0 Å². The molecule has 1 aliphatic heterocycles. The topological polar surface area (TPSA) is 60.4 Å². The largest absolute Gasteiger partial charge is 0.383 e. The van der Waals surface area contributed by atoms with Crippen LogP contribution in [-0.4, -0.2) is 48.4 Å². The number of hydrogen-bond acceptors (Lipinski definition) is 6. The Bertz CT molecular complexity index is 645. The number of rotatable bonds is 7. The first-order valence-corrected chi connectivity index (χ1v) is 8.33. The zero-order valence-electron chi connectivity index (χ0n) is 14.3. The molecule has 0 aromatic carbocycles. The number of aryl methyl sites for hydroxylation is 1. The second-order valence-electron chi connectivity index (χ2n) is 5.99. The first kappa shape index (κ1) is 16.8. The molecule has 6 nitrogen and oxygen atoms in total. The Morgan fingerprint density at radius 3 is 2.96 bits per heavy atom. The Kier molecular flexibility index (Phi) is 5.72. The second-order valence-corrected chi connectivity index (χ2v) is 5.99. The van der Waals surface area contributed by atoms with Crippen LogP contribution in [0.2, 0.25) is 0 Å². The zero-order chi connectivity index (χ0) is 16.8. The van der Waals surface area contributed by atoms with Gasteiger partial charge in [0.25, 0.3) is 0 Å². The minimum absolute atomic E-state index is 0.365. The molecule has 0 bridgehead atoms. The molecule has 1 fully saturated rings. The zero-order valence-corrected chi connectivity index (χ0v) is 14.3. The average molecular weight is 328 g/mol. The maximum absolute atomic E-state index is 5.51. The normalized spacial score (nSPS) is 17.2. The number of methoxy groups -OCH3 is 1. The molecule has 6 heteroatoms. The van der Waals surface area contributed by atoms with Gasteiger partial charge in [0.1, 0.15) is 11.6 Å². The fourth-order valence-electron chi connectivity index (χ4n) is 2.88. The molecule has 0 radical (unpaired) electrons. The van der Waals surface area contributed by atoms with Crippen LogP contribution in [-0.2, 0) is 16.0 Å². The molecule has 1 aliphatic rings. The van der Waals surface area contributed by atoms with Gasteiger partial charge in [0.05, 0.1) is 31.1 Å². The van der Waals surface area contributed by atoms with Crippen molar-refractivity contribution >= 4 is 5.82 Å². The van der Waals surface area contributed by atoms with E-state index in [4.69, 9.17) is 9.47 Å². The predicted octanol–water partition coefficient (Wildman–Crippen LogP) is 2.34. The van der Waals surface area contributed by atoms with Crippen molar-refractivity contribution in [2.45, 2.75) is 25.8 Å². The first-order valence-electron chi connectivity index (χ1n) is 8.33. The van der Waals surface area contributed by atoms with Gasteiger partial charge in [-0.15, -0.1) is 0 Å². The van der Waals surface area contributed by atoms with Gasteiger partial charge < -0.3 is 14.4 Å². The van der Waals surface area contributed by atoms with Crippen LogP contribution in [0.15, 0.2) is 30.5 Å². The van der Waals surface area contributed by atoms with Gasteiger partial charge >= 0.3 is 0 Å². The van der Waals surface area contributed by atoms with Crippen molar-refractivity contribution in [3.63, 3.8) is 0 Å². The van der Waals surface area contributed by atoms with Gasteiger partial charge in [-0.05, 0) is 25.5 Å². The highest BCUT2D eigenvalue weighted by molar-refractivity contribution is 5.41. The lowest BCUT2D eigenvalue weighted by Gasteiger charge is -2.24. The van der Waals surface area contributed by atoms with E-state index in [0.717, 1.165) is 49.2 Å². The monoisotopic (exact) mass is 328 g/mol. The van der Waals surface area contributed by atoms with Crippen molar-refractivity contribution in [1.29, 1.82) is 0 Å². The lowest BCUT2D eigenvalue weighted by atomic mass is 10.0. The van der Waals surface area contributed by atoms with Crippen LogP contribution in [0.1, 0.15) is 29.6 Å². The minimum atomic E-state index is 0.365. The van der Waals surface area contributed by atoms with Gasteiger partial charge in [0.2, 0.25) is 0 Å². The van der Waals surface area contributed by atoms with Crippen LogP contribution in [0.5, 0.6) is 0 Å². The van der Waals surface area contributed by atoms with E-state index in [1.54, 1.807) is 7.11 Å². The SMILES string of the molecule is COCCN(Cc1ccccn1)c1cc(C2CCOC2)nc(C)n1. The number of ether oxygens (including phenoxy) is 2. The predicted molar refractivity (Wildman–Crippen MR) is 92.1 cm³/mol. The smallest absolute Gasteiger partial charge is 0.132 e. The fourth-order valence-corrected chi connectivity index (χ4v) is 2.88. The summed E-state index contributed by atoms with van der Waals surface area (Å²) in [5.74, 6) is 2.08. The van der Waals surface area contributed by atoms with E-state index < -0.39 is 0 Å². The third-order valence-corrected chi connectivity index (χ3v) is 4.16. The minimum Gasteiger partial charge on any atom is -0.383 e. The van der Waals surface area contributed by atoms with E-state index >= 15 is 0 Å². The van der Waals surface area contributed by atoms with Gasteiger partial charge in [0, 0.05) is 38.4 Å². The average Bonchev–Trinajstić information content (AvgIpc) is 3.13. The quantitative estimate of drug-likeness (QED) is 0.777. The number of anilines is 1. The Hall–Kier alpha value is -2.05. The molecule has 0 N–H and O–H groups in total. The molecule has 24 heavy (non-hydrogen) atoms. The summed E-state index contributed by atoms with van der Waals surface area (Å²) < 4.78 is 10.8. The van der Waals surface area contributed by atoms with Crippen LogP contribution in [0.4, 0.5) is 5.82 Å². The van der Waals surface area contributed by atoms with E-state index in [2.05, 4.69) is 25.9 Å². The van der Waals surface area contributed by atoms with Gasteiger partial charge in [-0.3, -0.25) is 4.98 Å². The Labute approximate surface area is 142 Å². The van der Waals surface area contributed by atoms with E-state index in [1.165, 1.54) is 0 Å². The molecule has 0 amide bonds. The molecule has 2 aromatic rings. The maximum atomic E-state index is 5.51. The fraction of sp³-hybridized carbons (Fsp3) is 0.500. The summed E-state index contributed by atoms with van der Waals surface area (Å²) in [4.78, 5) is 15.9. The van der Waals surface area contributed by atoms with Crippen LogP contribution in [0.3, 0.4) is 0 Å². The number of pyridine rings is 1. The summed E-state index contributed by atoms with van der Waals surface area (Å²) in [6.07, 6.45) is 2.84. The molecule has 1 atom stereocenters. The highest BCUT2D eigenvalue weighted by Crippen LogP contribution is 2.26. The molecule has 0 spiro atoms. The number of nitrogens with zero attached hydrogens (tertiary/aromatic N) is 4. The van der Waals surface area contributed by atoms with Crippen LogP contribution in [0, 0.1) is 6.92 Å². The molecule has 1 unspecified atom stereocenters. The summed E-state index contributed by atoms with van der Waals surface area (Å²) in [5, 5.41) is 0. The molecular weight excluding hydrogens is 304 g/mol. The molecule has 0 saturated carbocycles. The van der Waals surface area contributed by atoms with Crippen molar-refractivity contribution in [2.24, 2.45) is 0 Å². The molecule has 0 aliphatic carbocycles. The lowest BCUT2D eigenvalue weighted by Crippen LogP contribution is -2.28. The summed E-state index contributed by atoms with van der Waals surface area (Å²) in [6, 6.07) is 8.05. The molecule has 3 heterocycles. The van der Waals surface area contributed by atoms with Gasteiger partial charge in [-0.2, -0.15) is 0 Å². The van der Waals surface area contributed by atoms with E-state index in [1.807, 2.05) is 31.3 Å². The van der Waals surface area contributed by atoms with E-state index in [0.29, 0.717) is 19.1 Å². The Balaban J connectivity index is 1.85. The Morgan fingerprint density at radius 1 is 1.33 bits per heavy atom. The van der Waals surface area contributed by atoms with Crippen molar-refractivity contribution in [2.75, 3.05) is 38.4 Å². The summed E-state index contributed by atoms with van der Waals surface area (Å²) in [5.41, 5.74) is 2.08. The summed E-state index contributed by atoms with van der Waals surface area (Å²) in [6.45, 7) is 5.58. The third-order valence-electron chi connectivity index (χ3n) is 4.16. The highest BCUT2D eigenvalue weighted by Gasteiger charge is 2.21. The maximum Gasteiger partial charge on any atom is 0.132 e. The van der Waals surface area contributed by atoms with Crippen molar-refractivity contribution in [1.82, 2.24) is 15.0 Å². The van der Waals surface area contributed by atoms with Crippen LogP contribution in [0.25, 0.3) is 0 Å². The number of hydrogen-bond donors (Lipinski definition) is 0. The summed E-state index contributed by atoms with van der Waals surface area (Å²) >= 11 is 0. The van der Waals surface area contributed by atoms with Crippen molar-refractivity contribution in [3.05, 3.63) is 47.7 Å². The molecule has 2 aromatic heterocycles. The molecule has 128 valence electrons. The highest BCUT2D eigenvalue weighted by atomic mass is 16.5. The molecular formula is C18H24N4O2. The standard InChI is InChI=1S/C18H24N4O2/c1-14-20-17(15-6-9-24-13-15)11-18(21-14)22(8-10-23-2)12-16-5-3-4-7-19-16/h3-5,7,11,15H,6,8-10,12-13H2,1-2H3. The molecule has 1 saturated heterocycles. The van der Waals surface area contributed by atoms with E-state index in [9.17, 15) is 0 Å². The van der Waals surface area contributed by atoms with Gasteiger partial charge in [-0.25, -0.2) is 9.97 Å². The van der Waals surface area contributed by atoms with E-state index in [-0.39, 0.29) is 0 Å². The molecule has 3 rings (SSSR count). The van der Waals surface area contributed by atoms with Gasteiger partial charge in [0.15, 0.2) is 0 Å². The van der Waals surface area contributed by atoms with Crippen molar-refractivity contribution < 1.29 is 9.47 Å².